The van der Waals surface area contributed by atoms with Crippen molar-refractivity contribution in [3.8, 4) is 11.5 Å². The Hall–Kier alpha value is -3.89. The topological polar surface area (TPSA) is 105 Å². The smallest absolute Gasteiger partial charge is 0.267 e. The Morgan fingerprint density at radius 2 is 1.77 bits per heavy atom. The van der Waals surface area contributed by atoms with Crippen molar-refractivity contribution in [1.29, 1.82) is 0 Å². The van der Waals surface area contributed by atoms with E-state index in [2.05, 4.69) is 5.32 Å². The van der Waals surface area contributed by atoms with Gasteiger partial charge in [-0.2, -0.15) is 4.31 Å². The first-order chi connectivity index (χ1) is 18.6. The molecule has 3 aromatic carbocycles. The molecule has 4 rings (SSSR count). The van der Waals surface area contributed by atoms with Gasteiger partial charge in [-0.05, 0) is 74.0 Å². The van der Waals surface area contributed by atoms with Crippen molar-refractivity contribution >= 4 is 33.2 Å². The van der Waals surface area contributed by atoms with E-state index >= 15 is 0 Å². The van der Waals surface area contributed by atoms with Crippen LogP contribution in [0.15, 0.2) is 71.6 Å². The number of rotatable bonds is 10. The second kappa shape index (κ2) is 11.9. The van der Waals surface area contributed by atoms with Gasteiger partial charge in [-0.1, -0.05) is 26.0 Å². The molecule has 1 aliphatic heterocycles. The number of sulfonamides is 1. The van der Waals surface area contributed by atoms with Crippen LogP contribution in [0.25, 0.3) is 0 Å². The predicted molar refractivity (Wildman–Crippen MR) is 150 cm³/mol. The van der Waals surface area contributed by atoms with Gasteiger partial charge in [0.25, 0.3) is 11.8 Å². The highest BCUT2D eigenvalue weighted by molar-refractivity contribution is 7.89. The van der Waals surface area contributed by atoms with Gasteiger partial charge < -0.3 is 19.7 Å². The summed E-state index contributed by atoms with van der Waals surface area (Å²) in [5.41, 5.74) is 2.38. The standard InChI is InChI=1S/C29H33N3O6S/c1-5-31(6-2)39(35,36)25-13-10-22(11-14-25)28(33)30-23-12-15-27-26(19-23)32(29(34)21(4)38-27)16-17-37-24-9-7-8-20(3)18-24/h7-15,18-19,21H,5-6,16-17H2,1-4H3,(H,30,33). The van der Waals surface area contributed by atoms with E-state index in [0.29, 0.717) is 42.3 Å². The van der Waals surface area contributed by atoms with Crippen molar-refractivity contribution in [2.24, 2.45) is 0 Å². The first-order valence-electron chi connectivity index (χ1n) is 12.9. The summed E-state index contributed by atoms with van der Waals surface area (Å²) in [7, 11) is -3.62. The van der Waals surface area contributed by atoms with Crippen LogP contribution in [-0.2, 0) is 14.8 Å². The first-order valence-corrected chi connectivity index (χ1v) is 14.3. The lowest BCUT2D eigenvalue weighted by molar-refractivity contribution is -0.125. The van der Waals surface area contributed by atoms with E-state index in [-0.39, 0.29) is 17.4 Å². The Bertz CT molecular complexity index is 1450. The molecule has 2 amide bonds. The largest absolute Gasteiger partial charge is 0.492 e. The molecule has 0 fully saturated rings. The number of ether oxygens (including phenoxy) is 2. The van der Waals surface area contributed by atoms with Crippen molar-refractivity contribution in [1.82, 2.24) is 4.31 Å². The van der Waals surface area contributed by atoms with E-state index in [4.69, 9.17) is 9.47 Å². The molecule has 0 saturated carbocycles. The Morgan fingerprint density at radius 1 is 1.05 bits per heavy atom. The Kier molecular flexibility index (Phi) is 8.57. The molecule has 0 saturated heterocycles. The van der Waals surface area contributed by atoms with Gasteiger partial charge in [0.05, 0.1) is 17.1 Å². The minimum absolute atomic E-state index is 0.129. The highest BCUT2D eigenvalue weighted by Crippen LogP contribution is 2.36. The zero-order valence-electron chi connectivity index (χ0n) is 22.5. The minimum Gasteiger partial charge on any atom is -0.492 e. The van der Waals surface area contributed by atoms with Crippen LogP contribution in [0.4, 0.5) is 11.4 Å². The number of nitrogens with zero attached hydrogens (tertiary/aromatic N) is 2. The molecule has 39 heavy (non-hydrogen) atoms. The van der Waals surface area contributed by atoms with Crippen LogP contribution in [0, 0.1) is 6.92 Å². The van der Waals surface area contributed by atoms with E-state index in [0.717, 1.165) is 11.3 Å². The van der Waals surface area contributed by atoms with E-state index in [9.17, 15) is 18.0 Å². The Balaban J connectivity index is 1.48. The third-order valence-electron chi connectivity index (χ3n) is 6.46. The van der Waals surface area contributed by atoms with Gasteiger partial charge >= 0.3 is 0 Å². The van der Waals surface area contributed by atoms with Crippen LogP contribution in [0.2, 0.25) is 0 Å². The number of benzene rings is 3. The molecule has 0 aromatic heterocycles. The third-order valence-corrected chi connectivity index (χ3v) is 8.52. The number of aryl methyl sites for hydroxylation is 1. The minimum atomic E-state index is -3.62. The maximum Gasteiger partial charge on any atom is 0.267 e. The summed E-state index contributed by atoms with van der Waals surface area (Å²) >= 11 is 0. The summed E-state index contributed by atoms with van der Waals surface area (Å²) < 4.78 is 38.4. The number of hydrogen-bond acceptors (Lipinski definition) is 6. The van der Waals surface area contributed by atoms with Gasteiger partial charge in [0.1, 0.15) is 18.1 Å². The molecule has 1 atom stereocenters. The molecule has 1 heterocycles. The highest BCUT2D eigenvalue weighted by Gasteiger charge is 2.32. The lowest BCUT2D eigenvalue weighted by atomic mass is 10.1. The molecule has 206 valence electrons. The van der Waals surface area contributed by atoms with Crippen LogP contribution in [0.1, 0.15) is 36.7 Å². The average molecular weight is 552 g/mol. The summed E-state index contributed by atoms with van der Waals surface area (Å²) in [6.07, 6.45) is -0.650. The van der Waals surface area contributed by atoms with E-state index in [1.807, 2.05) is 31.2 Å². The lowest BCUT2D eigenvalue weighted by Crippen LogP contribution is -2.46. The average Bonchev–Trinajstić information content (AvgIpc) is 2.92. The third kappa shape index (κ3) is 6.23. The van der Waals surface area contributed by atoms with Crippen molar-refractivity contribution < 1.29 is 27.5 Å². The number of carbonyl (C=O) groups excluding carboxylic acids is 2. The van der Waals surface area contributed by atoms with Gasteiger partial charge in [0.15, 0.2) is 6.10 Å². The number of anilines is 2. The summed E-state index contributed by atoms with van der Waals surface area (Å²) in [6.45, 7) is 8.53. The monoisotopic (exact) mass is 551 g/mol. The lowest BCUT2D eigenvalue weighted by Gasteiger charge is -2.33. The van der Waals surface area contributed by atoms with Crippen molar-refractivity contribution in [3.05, 3.63) is 77.9 Å². The number of fused-ring (bicyclic) bond motifs is 1. The molecular formula is C29H33N3O6S. The molecule has 0 spiro atoms. The number of hydrogen-bond donors (Lipinski definition) is 1. The molecule has 10 heteroatoms. The van der Waals surface area contributed by atoms with Gasteiger partial charge in [-0.3, -0.25) is 9.59 Å². The maximum absolute atomic E-state index is 12.9. The second-order valence-corrected chi connectivity index (χ2v) is 11.1. The highest BCUT2D eigenvalue weighted by atomic mass is 32.2. The second-order valence-electron chi connectivity index (χ2n) is 9.17. The number of carbonyl (C=O) groups is 2. The Labute approximate surface area is 229 Å². The molecular weight excluding hydrogens is 518 g/mol. The first kappa shape index (κ1) is 28.1. The molecule has 3 aromatic rings. The summed E-state index contributed by atoms with van der Waals surface area (Å²) in [4.78, 5) is 27.6. The van der Waals surface area contributed by atoms with Crippen molar-refractivity contribution in [3.63, 3.8) is 0 Å². The van der Waals surface area contributed by atoms with Crippen LogP contribution in [-0.4, -0.2) is 56.9 Å². The molecule has 1 N–H and O–H groups in total. The van der Waals surface area contributed by atoms with Crippen molar-refractivity contribution in [2.45, 2.75) is 38.7 Å². The van der Waals surface area contributed by atoms with Crippen molar-refractivity contribution in [2.75, 3.05) is 36.5 Å². The summed E-state index contributed by atoms with van der Waals surface area (Å²) in [5, 5.41) is 2.82. The van der Waals surface area contributed by atoms with Gasteiger partial charge in [-0.15, -0.1) is 0 Å². The molecule has 0 bridgehead atoms. The van der Waals surface area contributed by atoms with Crippen LogP contribution < -0.4 is 19.7 Å². The molecule has 9 nitrogen and oxygen atoms in total. The normalized spacial score (nSPS) is 15.1. The SMILES string of the molecule is CCN(CC)S(=O)(=O)c1ccc(C(=O)Nc2ccc3c(c2)N(CCOc2cccc(C)c2)C(=O)C(C)O3)cc1. The van der Waals surface area contributed by atoms with Crippen LogP contribution >= 0.6 is 0 Å². The fourth-order valence-corrected chi connectivity index (χ4v) is 5.83. The number of amides is 2. The summed E-state index contributed by atoms with van der Waals surface area (Å²) in [5.74, 6) is 0.638. The fraction of sp³-hybridized carbons (Fsp3) is 0.310. The molecule has 0 radical (unpaired) electrons. The fourth-order valence-electron chi connectivity index (χ4n) is 4.37. The van der Waals surface area contributed by atoms with Crippen LogP contribution in [0.3, 0.4) is 0 Å². The Morgan fingerprint density at radius 3 is 2.44 bits per heavy atom. The summed E-state index contributed by atoms with van der Waals surface area (Å²) in [6, 6.07) is 18.6. The van der Waals surface area contributed by atoms with Gasteiger partial charge in [0, 0.05) is 24.3 Å². The predicted octanol–water partition coefficient (Wildman–Crippen LogP) is 4.47. The quantitative estimate of drug-likeness (QED) is 0.399. The molecule has 1 unspecified atom stereocenters. The van der Waals surface area contributed by atoms with E-state index < -0.39 is 22.0 Å². The number of nitrogens with one attached hydrogen (secondary N) is 1. The molecule has 0 aliphatic carbocycles. The zero-order chi connectivity index (χ0) is 28.2. The van der Waals surface area contributed by atoms with Gasteiger partial charge in [0.2, 0.25) is 10.0 Å². The van der Waals surface area contributed by atoms with E-state index in [1.54, 1.807) is 43.9 Å². The van der Waals surface area contributed by atoms with Crippen LogP contribution in [0.5, 0.6) is 11.5 Å². The zero-order valence-corrected chi connectivity index (χ0v) is 23.3. The van der Waals surface area contributed by atoms with Gasteiger partial charge in [-0.25, -0.2) is 8.42 Å². The maximum atomic E-state index is 12.9. The molecule has 1 aliphatic rings. The van der Waals surface area contributed by atoms with E-state index in [1.165, 1.54) is 28.6 Å².